The Labute approximate surface area is 80.8 Å². The van der Waals surface area contributed by atoms with Crippen LogP contribution in [0, 0.1) is 0 Å². The number of benzene rings is 1. The van der Waals surface area contributed by atoms with E-state index in [4.69, 9.17) is 14.7 Å². The highest BCUT2D eigenvalue weighted by Gasteiger charge is 2.13. The Balaban J connectivity index is 3.31. The van der Waals surface area contributed by atoms with Crippen molar-refractivity contribution < 1.29 is 24.4 Å². The van der Waals surface area contributed by atoms with Crippen LogP contribution in [-0.4, -0.2) is 25.8 Å². The summed E-state index contributed by atoms with van der Waals surface area (Å²) in [6.45, 7) is 0. The lowest BCUT2D eigenvalue weighted by Gasteiger charge is -2.10. The minimum atomic E-state index is 0.0422. The number of hydrogen-bond donors (Lipinski definition) is 1. The fraction of sp³-hybridized carbons (Fsp3) is 0.222. The molecule has 0 aliphatic rings. The first-order chi connectivity index (χ1) is 6.76. The van der Waals surface area contributed by atoms with Crippen LogP contribution in [-0.2, 0) is 0 Å². The molecule has 0 saturated carbocycles. The van der Waals surface area contributed by atoms with Crippen LogP contribution >= 0.6 is 0 Å². The molecule has 0 spiro atoms. The SMILES string of the molecule is COc1cc(C=O)cc(OC)c1OO. The molecular weight excluding hydrogens is 188 g/mol. The number of carbonyl (C=O) groups is 1. The normalized spacial score (nSPS) is 9.36. The maximum atomic E-state index is 10.5. The van der Waals surface area contributed by atoms with E-state index < -0.39 is 0 Å². The molecule has 1 aromatic rings. The first-order valence-electron chi connectivity index (χ1n) is 3.79. The van der Waals surface area contributed by atoms with Gasteiger partial charge in [-0.2, -0.15) is 0 Å². The topological polar surface area (TPSA) is 65.0 Å². The van der Waals surface area contributed by atoms with Crippen molar-refractivity contribution >= 4 is 6.29 Å². The number of rotatable bonds is 4. The molecule has 1 N–H and O–H groups in total. The summed E-state index contributed by atoms with van der Waals surface area (Å²) in [4.78, 5) is 14.6. The van der Waals surface area contributed by atoms with Crippen LogP contribution in [0.2, 0.25) is 0 Å². The van der Waals surface area contributed by atoms with Crippen molar-refractivity contribution in [1.29, 1.82) is 0 Å². The van der Waals surface area contributed by atoms with Crippen LogP contribution in [0.4, 0.5) is 0 Å². The van der Waals surface area contributed by atoms with Gasteiger partial charge in [0.15, 0.2) is 11.5 Å². The van der Waals surface area contributed by atoms with Crippen molar-refractivity contribution in [1.82, 2.24) is 0 Å². The molecule has 0 aliphatic heterocycles. The predicted octanol–water partition coefficient (Wildman–Crippen LogP) is 1.37. The molecule has 14 heavy (non-hydrogen) atoms. The molecule has 0 aliphatic carbocycles. The average Bonchev–Trinajstić information content (AvgIpc) is 2.26. The van der Waals surface area contributed by atoms with Gasteiger partial charge in [-0.1, -0.05) is 0 Å². The molecule has 5 heteroatoms. The molecule has 0 atom stereocenters. The van der Waals surface area contributed by atoms with Crippen molar-refractivity contribution in [2.45, 2.75) is 0 Å². The maximum Gasteiger partial charge on any atom is 0.248 e. The largest absolute Gasteiger partial charge is 0.493 e. The lowest BCUT2D eigenvalue weighted by molar-refractivity contribution is -0.140. The number of aldehydes is 1. The zero-order chi connectivity index (χ0) is 10.6. The second-order valence-corrected chi connectivity index (χ2v) is 2.46. The lowest BCUT2D eigenvalue weighted by Crippen LogP contribution is -1.96. The van der Waals surface area contributed by atoms with Gasteiger partial charge in [0.05, 0.1) is 14.2 Å². The molecule has 0 fully saturated rings. The van der Waals surface area contributed by atoms with E-state index in [1.165, 1.54) is 26.4 Å². The fourth-order valence-electron chi connectivity index (χ4n) is 1.06. The third kappa shape index (κ3) is 1.77. The van der Waals surface area contributed by atoms with Gasteiger partial charge in [-0.3, -0.25) is 4.79 Å². The summed E-state index contributed by atoms with van der Waals surface area (Å²) in [7, 11) is 2.79. The van der Waals surface area contributed by atoms with E-state index in [2.05, 4.69) is 4.89 Å². The van der Waals surface area contributed by atoms with Crippen LogP contribution in [0.5, 0.6) is 17.2 Å². The van der Waals surface area contributed by atoms with Gasteiger partial charge in [-0.15, -0.1) is 0 Å². The average molecular weight is 198 g/mol. The molecule has 76 valence electrons. The van der Waals surface area contributed by atoms with Gasteiger partial charge in [0.1, 0.15) is 6.29 Å². The number of ether oxygens (including phenoxy) is 2. The maximum absolute atomic E-state index is 10.5. The summed E-state index contributed by atoms with van der Waals surface area (Å²) in [5, 5.41) is 8.58. The predicted molar refractivity (Wildman–Crippen MR) is 48.2 cm³/mol. The molecule has 0 unspecified atom stereocenters. The van der Waals surface area contributed by atoms with Gasteiger partial charge in [0.2, 0.25) is 5.75 Å². The van der Waals surface area contributed by atoms with Gasteiger partial charge in [-0.25, -0.2) is 5.26 Å². The second-order valence-electron chi connectivity index (χ2n) is 2.46. The highest BCUT2D eigenvalue weighted by molar-refractivity contribution is 5.78. The lowest BCUT2D eigenvalue weighted by atomic mass is 10.2. The Morgan fingerprint density at radius 3 is 2.00 bits per heavy atom. The van der Waals surface area contributed by atoms with E-state index in [-0.39, 0.29) is 17.2 Å². The summed E-state index contributed by atoms with van der Waals surface area (Å²) in [6, 6.07) is 2.86. The zero-order valence-electron chi connectivity index (χ0n) is 7.81. The Kier molecular flexibility index (Phi) is 3.30. The van der Waals surface area contributed by atoms with Crippen LogP contribution in [0.15, 0.2) is 12.1 Å². The molecule has 0 bridgehead atoms. The van der Waals surface area contributed by atoms with E-state index in [1.54, 1.807) is 0 Å². The van der Waals surface area contributed by atoms with Gasteiger partial charge < -0.3 is 14.4 Å². The van der Waals surface area contributed by atoms with E-state index >= 15 is 0 Å². The van der Waals surface area contributed by atoms with Crippen molar-refractivity contribution in [2.24, 2.45) is 0 Å². The Hall–Kier alpha value is -1.75. The van der Waals surface area contributed by atoms with Gasteiger partial charge in [0, 0.05) is 5.56 Å². The van der Waals surface area contributed by atoms with E-state index in [9.17, 15) is 4.79 Å². The monoisotopic (exact) mass is 198 g/mol. The van der Waals surface area contributed by atoms with Crippen molar-refractivity contribution in [3.8, 4) is 17.2 Å². The molecule has 1 aromatic carbocycles. The minimum Gasteiger partial charge on any atom is -0.493 e. The molecule has 0 amide bonds. The molecule has 0 radical (unpaired) electrons. The summed E-state index contributed by atoms with van der Waals surface area (Å²) < 4.78 is 9.79. The highest BCUT2D eigenvalue weighted by Crippen LogP contribution is 2.37. The third-order valence-electron chi connectivity index (χ3n) is 1.71. The third-order valence-corrected chi connectivity index (χ3v) is 1.71. The molecule has 0 heterocycles. The van der Waals surface area contributed by atoms with Gasteiger partial charge in [0.25, 0.3) is 0 Å². The number of carbonyl (C=O) groups excluding carboxylic acids is 1. The van der Waals surface area contributed by atoms with Gasteiger partial charge >= 0.3 is 0 Å². The van der Waals surface area contributed by atoms with E-state index in [0.717, 1.165) is 0 Å². The Morgan fingerprint density at radius 1 is 1.21 bits per heavy atom. The van der Waals surface area contributed by atoms with Crippen LogP contribution < -0.4 is 14.4 Å². The summed E-state index contributed by atoms with van der Waals surface area (Å²) in [5.41, 5.74) is 0.375. The van der Waals surface area contributed by atoms with Crippen LogP contribution in [0.1, 0.15) is 10.4 Å². The number of hydrogen-bond acceptors (Lipinski definition) is 5. The molecule has 0 aromatic heterocycles. The van der Waals surface area contributed by atoms with E-state index in [0.29, 0.717) is 11.8 Å². The van der Waals surface area contributed by atoms with Gasteiger partial charge in [-0.05, 0) is 12.1 Å². The standard InChI is InChI=1S/C9H10O5/c1-12-7-3-6(5-10)4-8(13-2)9(7)14-11/h3-5,11H,1-2H3. The van der Waals surface area contributed by atoms with Crippen molar-refractivity contribution in [2.75, 3.05) is 14.2 Å². The second kappa shape index (κ2) is 4.48. The highest BCUT2D eigenvalue weighted by atomic mass is 17.1. The van der Waals surface area contributed by atoms with Crippen molar-refractivity contribution in [3.63, 3.8) is 0 Å². The fourth-order valence-corrected chi connectivity index (χ4v) is 1.06. The zero-order valence-corrected chi connectivity index (χ0v) is 7.81. The van der Waals surface area contributed by atoms with E-state index in [1.807, 2.05) is 0 Å². The quantitative estimate of drug-likeness (QED) is 0.449. The Morgan fingerprint density at radius 2 is 1.71 bits per heavy atom. The molecule has 0 saturated heterocycles. The molecular formula is C9H10O5. The smallest absolute Gasteiger partial charge is 0.248 e. The molecule has 5 nitrogen and oxygen atoms in total. The Bertz CT molecular complexity index is 309. The first-order valence-corrected chi connectivity index (χ1v) is 3.79. The number of methoxy groups -OCH3 is 2. The van der Waals surface area contributed by atoms with Crippen LogP contribution in [0.25, 0.3) is 0 Å². The summed E-state index contributed by atoms with van der Waals surface area (Å²) >= 11 is 0. The minimum absolute atomic E-state index is 0.0422. The van der Waals surface area contributed by atoms with Crippen LogP contribution in [0.3, 0.4) is 0 Å². The molecule has 1 rings (SSSR count). The van der Waals surface area contributed by atoms with Crippen molar-refractivity contribution in [3.05, 3.63) is 17.7 Å². The summed E-state index contributed by atoms with van der Waals surface area (Å²) in [6.07, 6.45) is 0.645. The summed E-state index contributed by atoms with van der Waals surface area (Å²) in [5.74, 6) is 0.503. The first kappa shape index (κ1) is 10.3.